The van der Waals surface area contributed by atoms with Crippen molar-refractivity contribution < 1.29 is 0 Å². The van der Waals surface area contributed by atoms with E-state index in [1.165, 1.54) is 25.8 Å². The highest BCUT2D eigenvalue weighted by Crippen LogP contribution is 2.28. The quantitative estimate of drug-likeness (QED) is 0.645. The average Bonchev–Trinajstić information content (AvgIpc) is 2.04. The topological polar surface area (TPSA) is 12.0 Å². The average molecular weight is 155 g/mol. The molecule has 3 unspecified atom stereocenters. The predicted octanol–water partition coefficient (Wildman–Crippen LogP) is 2.42. The molecule has 0 radical (unpaired) electrons. The lowest BCUT2D eigenvalue weighted by molar-refractivity contribution is 0.188. The van der Waals surface area contributed by atoms with Crippen LogP contribution in [0.4, 0.5) is 0 Å². The number of piperidine rings is 1. The minimum absolute atomic E-state index is 0.749. The summed E-state index contributed by atoms with van der Waals surface area (Å²) in [6, 6.07) is 0.749. The Kier molecular flexibility index (Phi) is 3.38. The van der Waals surface area contributed by atoms with Gasteiger partial charge in [0.15, 0.2) is 0 Å². The molecule has 1 N–H and O–H groups in total. The van der Waals surface area contributed by atoms with Crippen LogP contribution in [0.15, 0.2) is 0 Å². The second-order valence-electron chi connectivity index (χ2n) is 3.77. The van der Waals surface area contributed by atoms with Gasteiger partial charge >= 0.3 is 0 Å². The van der Waals surface area contributed by atoms with E-state index in [-0.39, 0.29) is 0 Å². The van der Waals surface area contributed by atoms with Crippen LogP contribution in [-0.4, -0.2) is 12.6 Å². The normalized spacial score (nSPS) is 39.0. The fraction of sp³-hybridized carbons (Fsp3) is 1.00. The maximum Gasteiger partial charge on any atom is 0.00695 e. The van der Waals surface area contributed by atoms with Gasteiger partial charge in [-0.15, -0.1) is 0 Å². The van der Waals surface area contributed by atoms with Crippen molar-refractivity contribution in [3.05, 3.63) is 0 Å². The molecule has 66 valence electrons. The fourth-order valence-electron chi connectivity index (χ4n) is 2.46. The Bertz CT molecular complexity index is 111. The van der Waals surface area contributed by atoms with Crippen molar-refractivity contribution in [1.29, 1.82) is 0 Å². The molecular weight excluding hydrogens is 134 g/mol. The second kappa shape index (κ2) is 4.10. The molecule has 1 fully saturated rings. The minimum Gasteiger partial charge on any atom is -0.314 e. The fourth-order valence-corrected chi connectivity index (χ4v) is 2.46. The molecular formula is C10H21N. The van der Waals surface area contributed by atoms with Crippen LogP contribution in [0.3, 0.4) is 0 Å². The Morgan fingerprint density at radius 2 is 2.00 bits per heavy atom. The summed E-state index contributed by atoms with van der Waals surface area (Å²) >= 11 is 0. The van der Waals surface area contributed by atoms with Crippen molar-refractivity contribution in [2.45, 2.75) is 46.1 Å². The lowest BCUT2D eigenvalue weighted by Crippen LogP contribution is -2.43. The second-order valence-corrected chi connectivity index (χ2v) is 3.77. The first-order valence-corrected chi connectivity index (χ1v) is 5.03. The lowest BCUT2D eigenvalue weighted by Gasteiger charge is -2.36. The van der Waals surface area contributed by atoms with Gasteiger partial charge in [0, 0.05) is 6.04 Å². The van der Waals surface area contributed by atoms with E-state index in [0.29, 0.717) is 0 Å². The van der Waals surface area contributed by atoms with Gasteiger partial charge in [0.1, 0.15) is 0 Å². The highest BCUT2D eigenvalue weighted by Gasteiger charge is 2.27. The predicted molar refractivity (Wildman–Crippen MR) is 49.6 cm³/mol. The van der Waals surface area contributed by atoms with Crippen molar-refractivity contribution in [2.24, 2.45) is 11.8 Å². The van der Waals surface area contributed by atoms with Gasteiger partial charge in [-0.05, 0) is 31.7 Å². The number of hydrogen-bond acceptors (Lipinski definition) is 1. The van der Waals surface area contributed by atoms with E-state index < -0.39 is 0 Å². The van der Waals surface area contributed by atoms with E-state index in [2.05, 4.69) is 26.1 Å². The summed E-state index contributed by atoms with van der Waals surface area (Å²) in [5.41, 5.74) is 0. The molecule has 1 aliphatic heterocycles. The Morgan fingerprint density at radius 3 is 2.45 bits per heavy atom. The van der Waals surface area contributed by atoms with Crippen molar-refractivity contribution >= 4 is 0 Å². The van der Waals surface area contributed by atoms with E-state index in [1.54, 1.807) is 0 Å². The Hall–Kier alpha value is -0.0400. The molecule has 0 aliphatic carbocycles. The van der Waals surface area contributed by atoms with E-state index in [9.17, 15) is 0 Å². The first-order valence-electron chi connectivity index (χ1n) is 5.03. The molecule has 11 heavy (non-hydrogen) atoms. The van der Waals surface area contributed by atoms with Crippen molar-refractivity contribution in [3.63, 3.8) is 0 Å². The third-order valence-electron chi connectivity index (χ3n) is 3.22. The zero-order valence-electron chi connectivity index (χ0n) is 8.06. The Morgan fingerprint density at radius 1 is 1.27 bits per heavy atom. The smallest absolute Gasteiger partial charge is 0.00695 e. The molecule has 0 bridgehead atoms. The summed E-state index contributed by atoms with van der Waals surface area (Å²) in [7, 11) is 0. The number of rotatable bonds is 2. The summed E-state index contributed by atoms with van der Waals surface area (Å²) in [5, 5.41) is 3.55. The highest BCUT2D eigenvalue weighted by molar-refractivity contribution is 4.82. The standard InChI is InChI=1S/C10H21N/c1-4-9-6-7-11-8(3)10(9)5-2/h8-11H,4-7H2,1-3H3. The third-order valence-corrected chi connectivity index (χ3v) is 3.22. The van der Waals surface area contributed by atoms with Gasteiger partial charge in [0.25, 0.3) is 0 Å². The first kappa shape index (κ1) is 9.05. The monoisotopic (exact) mass is 155 g/mol. The SMILES string of the molecule is CCC1CCNC(C)C1CC. The van der Waals surface area contributed by atoms with Crippen LogP contribution in [0, 0.1) is 11.8 Å². The Labute approximate surface area is 70.6 Å². The highest BCUT2D eigenvalue weighted by atomic mass is 14.9. The summed E-state index contributed by atoms with van der Waals surface area (Å²) in [6.45, 7) is 8.20. The molecule has 1 rings (SSSR count). The molecule has 1 heterocycles. The van der Waals surface area contributed by atoms with E-state index in [4.69, 9.17) is 0 Å². The molecule has 3 atom stereocenters. The van der Waals surface area contributed by atoms with E-state index in [0.717, 1.165) is 17.9 Å². The van der Waals surface area contributed by atoms with Gasteiger partial charge in [-0.25, -0.2) is 0 Å². The molecule has 0 aromatic carbocycles. The summed E-state index contributed by atoms with van der Waals surface area (Å²) in [6.07, 6.45) is 4.09. The lowest BCUT2D eigenvalue weighted by atomic mass is 9.78. The molecule has 0 aromatic rings. The molecule has 0 saturated carbocycles. The largest absolute Gasteiger partial charge is 0.314 e. The molecule has 1 nitrogen and oxygen atoms in total. The van der Waals surface area contributed by atoms with Crippen molar-refractivity contribution in [1.82, 2.24) is 5.32 Å². The molecule has 0 spiro atoms. The summed E-state index contributed by atoms with van der Waals surface area (Å²) in [5.74, 6) is 1.91. The molecule has 1 aliphatic rings. The van der Waals surface area contributed by atoms with Gasteiger partial charge < -0.3 is 5.32 Å². The van der Waals surface area contributed by atoms with Gasteiger partial charge in [-0.3, -0.25) is 0 Å². The van der Waals surface area contributed by atoms with Gasteiger partial charge in [0.05, 0.1) is 0 Å². The minimum atomic E-state index is 0.749. The van der Waals surface area contributed by atoms with Crippen LogP contribution in [-0.2, 0) is 0 Å². The van der Waals surface area contributed by atoms with Crippen LogP contribution >= 0.6 is 0 Å². The molecule has 1 saturated heterocycles. The maximum atomic E-state index is 3.55. The van der Waals surface area contributed by atoms with Crippen LogP contribution in [0.25, 0.3) is 0 Å². The maximum absolute atomic E-state index is 3.55. The third kappa shape index (κ3) is 1.96. The number of nitrogens with one attached hydrogen (secondary N) is 1. The van der Waals surface area contributed by atoms with Crippen LogP contribution in [0.1, 0.15) is 40.0 Å². The van der Waals surface area contributed by atoms with E-state index >= 15 is 0 Å². The van der Waals surface area contributed by atoms with E-state index in [1.807, 2.05) is 0 Å². The molecule has 0 amide bonds. The van der Waals surface area contributed by atoms with Crippen LogP contribution < -0.4 is 5.32 Å². The van der Waals surface area contributed by atoms with Crippen LogP contribution in [0.2, 0.25) is 0 Å². The molecule has 0 aromatic heterocycles. The van der Waals surface area contributed by atoms with Crippen molar-refractivity contribution in [2.75, 3.05) is 6.54 Å². The van der Waals surface area contributed by atoms with Gasteiger partial charge in [0.2, 0.25) is 0 Å². The van der Waals surface area contributed by atoms with Crippen molar-refractivity contribution in [3.8, 4) is 0 Å². The van der Waals surface area contributed by atoms with Gasteiger partial charge in [-0.1, -0.05) is 26.7 Å². The van der Waals surface area contributed by atoms with Gasteiger partial charge in [-0.2, -0.15) is 0 Å². The Balaban J connectivity index is 2.48. The summed E-state index contributed by atoms with van der Waals surface area (Å²) < 4.78 is 0. The summed E-state index contributed by atoms with van der Waals surface area (Å²) in [4.78, 5) is 0. The molecule has 1 heteroatoms. The van der Waals surface area contributed by atoms with Crippen LogP contribution in [0.5, 0.6) is 0 Å². The zero-order chi connectivity index (χ0) is 8.27. The first-order chi connectivity index (χ1) is 5.29. The number of hydrogen-bond donors (Lipinski definition) is 1. The zero-order valence-corrected chi connectivity index (χ0v) is 8.06.